The largest absolute Gasteiger partial charge is 0.493 e. The van der Waals surface area contributed by atoms with E-state index in [0.717, 1.165) is 11.1 Å². The summed E-state index contributed by atoms with van der Waals surface area (Å²) in [6.07, 6.45) is 0. The molecule has 0 spiro atoms. The van der Waals surface area contributed by atoms with Crippen molar-refractivity contribution in [1.29, 1.82) is 0 Å². The van der Waals surface area contributed by atoms with Gasteiger partial charge in [-0.3, -0.25) is 4.79 Å². The molecule has 8 heteroatoms. The summed E-state index contributed by atoms with van der Waals surface area (Å²) in [5, 5.41) is 2.88. The van der Waals surface area contributed by atoms with Crippen LogP contribution in [0, 0.1) is 0 Å². The second-order valence-corrected chi connectivity index (χ2v) is 6.14. The number of carbonyl (C=O) groups excluding carboxylic acids is 1. The van der Waals surface area contributed by atoms with Gasteiger partial charge in [0.1, 0.15) is 0 Å². The molecule has 0 aliphatic carbocycles. The Kier molecular flexibility index (Phi) is 10.9. The number of amides is 1. The Balaban J connectivity index is 0.00000420. The Morgan fingerprint density at radius 3 is 2.38 bits per heavy atom. The second kappa shape index (κ2) is 12.9. The maximum Gasteiger partial charge on any atom is 0.242 e. The number of ether oxygens (including phenoxy) is 2. The van der Waals surface area contributed by atoms with Crippen LogP contribution >= 0.6 is 24.0 Å². The highest BCUT2D eigenvalue weighted by molar-refractivity contribution is 14.0. The first-order chi connectivity index (χ1) is 13.6. The van der Waals surface area contributed by atoms with Gasteiger partial charge in [0, 0.05) is 13.1 Å². The van der Waals surface area contributed by atoms with Crippen molar-refractivity contribution < 1.29 is 14.3 Å². The number of methoxy groups -OCH3 is 2. The minimum atomic E-state index is -0.0318. The molecular weight excluding hydrogens is 483 g/mol. The number of nitrogens with zero attached hydrogens (tertiary/aromatic N) is 2. The quantitative estimate of drug-likeness (QED) is 0.307. The summed E-state index contributed by atoms with van der Waals surface area (Å²) < 4.78 is 10.5. The second-order valence-electron chi connectivity index (χ2n) is 6.14. The van der Waals surface area contributed by atoms with E-state index in [1.165, 1.54) is 0 Å². The fraction of sp³-hybridized carbons (Fsp3) is 0.333. The van der Waals surface area contributed by atoms with Crippen molar-refractivity contribution in [3.05, 3.63) is 59.7 Å². The SMILES string of the molecule is CCN(Cc1ccccc1)C(=O)CNC(N)=NCc1ccc(OC)c(OC)c1.I. The van der Waals surface area contributed by atoms with E-state index in [1.807, 2.05) is 55.5 Å². The zero-order valence-corrected chi connectivity index (χ0v) is 19.4. The number of aliphatic imine (C=N–C) groups is 1. The zero-order valence-electron chi connectivity index (χ0n) is 17.1. The number of hydrogen-bond donors (Lipinski definition) is 2. The van der Waals surface area contributed by atoms with E-state index in [-0.39, 0.29) is 42.4 Å². The van der Waals surface area contributed by atoms with Crippen LogP contribution in [0.1, 0.15) is 18.1 Å². The predicted octanol–water partition coefficient (Wildman–Crippen LogP) is 2.77. The maximum absolute atomic E-state index is 12.4. The highest BCUT2D eigenvalue weighted by Crippen LogP contribution is 2.27. The fourth-order valence-electron chi connectivity index (χ4n) is 2.67. The van der Waals surface area contributed by atoms with Crippen LogP contribution < -0.4 is 20.5 Å². The van der Waals surface area contributed by atoms with E-state index in [1.54, 1.807) is 19.1 Å². The van der Waals surface area contributed by atoms with Crippen LogP contribution in [0.2, 0.25) is 0 Å². The Hall–Kier alpha value is -2.49. The molecule has 2 rings (SSSR count). The summed E-state index contributed by atoms with van der Waals surface area (Å²) in [5.41, 5.74) is 7.92. The Labute approximate surface area is 189 Å². The van der Waals surface area contributed by atoms with Crippen molar-refractivity contribution in [2.45, 2.75) is 20.0 Å². The fourth-order valence-corrected chi connectivity index (χ4v) is 2.67. The first-order valence-electron chi connectivity index (χ1n) is 9.13. The molecule has 0 aliphatic heterocycles. The first kappa shape index (κ1) is 24.5. The van der Waals surface area contributed by atoms with Gasteiger partial charge in [0.15, 0.2) is 17.5 Å². The van der Waals surface area contributed by atoms with Crippen molar-refractivity contribution in [3.8, 4) is 11.5 Å². The van der Waals surface area contributed by atoms with Crippen LogP contribution in [0.15, 0.2) is 53.5 Å². The summed E-state index contributed by atoms with van der Waals surface area (Å²) in [7, 11) is 3.17. The van der Waals surface area contributed by atoms with Crippen LogP contribution in [-0.2, 0) is 17.9 Å². The lowest BCUT2D eigenvalue weighted by atomic mass is 10.2. The van der Waals surface area contributed by atoms with E-state index >= 15 is 0 Å². The molecule has 158 valence electrons. The Morgan fingerprint density at radius 1 is 1.07 bits per heavy atom. The summed E-state index contributed by atoms with van der Waals surface area (Å²) in [6, 6.07) is 15.4. The number of hydrogen-bond acceptors (Lipinski definition) is 4. The summed E-state index contributed by atoms with van der Waals surface area (Å²) in [4.78, 5) is 18.5. The maximum atomic E-state index is 12.4. The third kappa shape index (κ3) is 7.80. The van der Waals surface area contributed by atoms with Gasteiger partial charge in [0.05, 0.1) is 27.3 Å². The van der Waals surface area contributed by atoms with Crippen LogP contribution in [-0.4, -0.2) is 44.1 Å². The van der Waals surface area contributed by atoms with Crippen molar-refractivity contribution >= 4 is 35.8 Å². The number of rotatable bonds is 9. The van der Waals surface area contributed by atoms with Crippen molar-refractivity contribution in [3.63, 3.8) is 0 Å². The molecule has 2 aromatic carbocycles. The molecule has 0 atom stereocenters. The van der Waals surface area contributed by atoms with Gasteiger partial charge in [-0.25, -0.2) is 4.99 Å². The van der Waals surface area contributed by atoms with Crippen molar-refractivity contribution in [1.82, 2.24) is 10.2 Å². The minimum absolute atomic E-state index is 0. The lowest BCUT2D eigenvalue weighted by molar-refractivity contribution is -0.130. The molecule has 0 bridgehead atoms. The number of carbonyl (C=O) groups is 1. The smallest absolute Gasteiger partial charge is 0.242 e. The third-order valence-electron chi connectivity index (χ3n) is 4.25. The van der Waals surface area contributed by atoms with Crippen LogP contribution in [0.4, 0.5) is 0 Å². The van der Waals surface area contributed by atoms with Gasteiger partial charge in [-0.1, -0.05) is 36.4 Å². The number of guanidine groups is 1. The van der Waals surface area contributed by atoms with Gasteiger partial charge in [-0.15, -0.1) is 24.0 Å². The number of nitrogens with one attached hydrogen (secondary N) is 1. The number of benzene rings is 2. The Morgan fingerprint density at radius 2 is 1.76 bits per heavy atom. The topological polar surface area (TPSA) is 89.2 Å². The normalized spacial score (nSPS) is 10.7. The number of nitrogens with two attached hydrogens (primary N) is 1. The van der Waals surface area contributed by atoms with Crippen LogP contribution in [0.25, 0.3) is 0 Å². The van der Waals surface area contributed by atoms with Gasteiger partial charge in [0.25, 0.3) is 0 Å². The molecule has 0 heterocycles. The number of halogens is 1. The summed E-state index contributed by atoms with van der Waals surface area (Å²) >= 11 is 0. The highest BCUT2D eigenvalue weighted by atomic mass is 127. The van der Waals surface area contributed by atoms with Gasteiger partial charge in [-0.05, 0) is 30.2 Å². The molecule has 0 unspecified atom stereocenters. The van der Waals surface area contributed by atoms with Crippen molar-refractivity contribution in [2.75, 3.05) is 27.3 Å². The minimum Gasteiger partial charge on any atom is -0.493 e. The van der Waals surface area contributed by atoms with E-state index in [0.29, 0.717) is 31.1 Å². The molecule has 1 amide bonds. The van der Waals surface area contributed by atoms with E-state index in [9.17, 15) is 4.79 Å². The lowest BCUT2D eigenvalue weighted by Gasteiger charge is -2.21. The van der Waals surface area contributed by atoms with E-state index in [2.05, 4.69) is 10.3 Å². The standard InChI is InChI=1S/C21H28N4O3.HI/c1-4-25(15-16-8-6-5-7-9-16)20(26)14-24-21(22)23-13-17-10-11-18(27-2)19(12-17)28-3;/h5-12H,4,13-15H2,1-3H3,(H3,22,23,24);1H. The molecule has 0 aromatic heterocycles. The predicted molar refractivity (Wildman–Crippen MR) is 126 cm³/mol. The molecule has 0 saturated carbocycles. The summed E-state index contributed by atoms with van der Waals surface area (Å²) in [6.45, 7) is 3.62. The number of likely N-dealkylation sites (N-methyl/N-ethyl adjacent to an activating group) is 1. The van der Waals surface area contributed by atoms with Crippen molar-refractivity contribution in [2.24, 2.45) is 10.7 Å². The van der Waals surface area contributed by atoms with Gasteiger partial charge in [0.2, 0.25) is 5.91 Å². The molecule has 0 radical (unpaired) electrons. The van der Waals surface area contributed by atoms with Crippen LogP contribution in [0.5, 0.6) is 11.5 Å². The highest BCUT2D eigenvalue weighted by Gasteiger charge is 2.12. The van der Waals surface area contributed by atoms with E-state index in [4.69, 9.17) is 15.2 Å². The molecule has 0 fully saturated rings. The van der Waals surface area contributed by atoms with Crippen LogP contribution in [0.3, 0.4) is 0 Å². The average Bonchev–Trinajstić information content (AvgIpc) is 2.74. The first-order valence-corrected chi connectivity index (χ1v) is 9.13. The van der Waals surface area contributed by atoms with E-state index < -0.39 is 0 Å². The van der Waals surface area contributed by atoms with Gasteiger partial charge < -0.3 is 25.4 Å². The Bertz CT molecular complexity index is 800. The van der Waals surface area contributed by atoms with Gasteiger partial charge >= 0.3 is 0 Å². The molecule has 3 N–H and O–H groups in total. The molecule has 2 aromatic rings. The molecular formula is C21H29IN4O3. The lowest BCUT2D eigenvalue weighted by Crippen LogP contribution is -2.42. The molecule has 29 heavy (non-hydrogen) atoms. The molecule has 0 aliphatic rings. The monoisotopic (exact) mass is 512 g/mol. The zero-order chi connectivity index (χ0) is 20.4. The molecule has 0 saturated heterocycles. The summed E-state index contributed by atoms with van der Waals surface area (Å²) in [5.74, 6) is 1.48. The van der Waals surface area contributed by atoms with Gasteiger partial charge in [-0.2, -0.15) is 0 Å². The average molecular weight is 512 g/mol. The third-order valence-corrected chi connectivity index (χ3v) is 4.25. The molecule has 7 nitrogen and oxygen atoms in total.